The summed E-state index contributed by atoms with van der Waals surface area (Å²) >= 11 is 4.59. The summed E-state index contributed by atoms with van der Waals surface area (Å²) in [5.41, 5.74) is 0. The first-order valence-corrected chi connectivity index (χ1v) is 3.58. The van der Waals surface area contributed by atoms with Gasteiger partial charge in [-0.1, -0.05) is 0 Å². The normalized spacial score (nSPS) is 25.3. The minimum atomic E-state index is -0.590. The molecule has 0 spiro atoms. The lowest BCUT2D eigenvalue weighted by molar-refractivity contribution is 0.365. The Balaban J connectivity index is 2.37. The highest BCUT2D eigenvalue weighted by atomic mass is 32.8. The lowest BCUT2D eigenvalue weighted by atomic mass is 10.8. The fraction of sp³-hybridized carbons (Fsp3) is 1.00. The molecule has 0 unspecified atom stereocenters. The predicted molar refractivity (Wildman–Crippen MR) is 26.6 cm³/mol. The van der Waals surface area contributed by atoms with E-state index in [0.29, 0.717) is 13.2 Å². The summed E-state index contributed by atoms with van der Waals surface area (Å²) in [6.45, 7) is 1.35. The van der Waals surface area contributed by atoms with Gasteiger partial charge < -0.3 is 0 Å². The summed E-state index contributed by atoms with van der Waals surface area (Å²) in [7, 11) is -0.590. The van der Waals surface area contributed by atoms with Crippen molar-refractivity contribution < 1.29 is 8.37 Å². The average molecular weight is 124 g/mol. The van der Waals surface area contributed by atoms with Crippen molar-refractivity contribution in [3.63, 3.8) is 0 Å². The van der Waals surface area contributed by atoms with E-state index in [4.69, 9.17) is 8.37 Å². The first kappa shape index (κ1) is 4.64. The van der Waals surface area contributed by atoms with Crippen molar-refractivity contribution in [2.24, 2.45) is 0 Å². The molecule has 0 aromatic heterocycles. The molecule has 0 N–H and O–H groups in total. The summed E-state index contributed by atoms with van der Waals surface area (Å²) in [5.74, 6) is 0. The van der Waals surface area contributed by atoms with E-state index in [9.17, 15) is 0 Å². The van der Waals surface area contributed by atoms with E-state index in [-0.39, 0.29) is 0 Å². The topological polar surface area (TPSA) is 18.5 Å². The Kier molecular flexibility index (Phi) is 1.53. The van der Waals surface area contributed by atoms with Crippen LogP contribution in [0.3, 0.4) is 0 Å². The maximum Gasteiger partial charge on any atom is 0.148 e. The quantitative estimate of drug-likeness (QED) is 0.451. The van der Waals surface area contributed by atoms with Crippen molar-refractivity contribution in [1.82, 2.24) is 0 Å². The number of rotatable bonds is 0. The lowest BCUT2D eigenvalue weighted by Gasteiger charge is -1.81. The van der Waals surface area contributed by atoms with Gasteiger partial charge in [-0.15, -0.1) is 0 Å². The highest BCUT2D eigenvalue weighted by Crippen LogP contribution is 1.96. The Morgan fingerprint density at radius 1 is 1.33 bits per heavy atom. The van der Waals surface area contributed by atoms with Crippen molar-refractivity contribution in [3.8, 4) is 0 Å². The molecule has 0 amide bonds. The Hall–Kier alpha value is 0.490. The average Bonchev–Trinajstić information content (AvgIpc) is 1.86. The fourth-order valence-electron chi connectivity index (χ4n) is 0.238. The van der Waals surface area contributed by atoms with Crippen molar-refractivity contribution in [2.75, 3.05) is 13.2 Å². The molecule has 1 saturated heterocycles. The molecule has 6 heavy (non-hydrogen) atoms. The van der Waals surface area contributed by atoms with Crippen LogP contribution in [-0.2, 0) is 29.6 Å². The van der Waals surface area contributed by atoms with E-state index >= 15 is 0 Å². The monoisotopic (exact) mass is 124 g/mol. The maximum atomic E-state index is 4.77. The third-order valence-electron chi connectivity index (χ3n) is 0.442. The molecule has 0 aromatic rings. The SMILES string of the molecule is S=S1OCCO1. The van der Waals surface area contributed by atoms with Crippen LogP contribution in [0.4, 0.5) is 0 Å². The third-order valence-corrected chi connectivity index (χ3v) is 1.74. The second-order valence-corrected chi connectivity index (χ2v) is 2.54. The van der Waals surface area contributed by atoms with Gasteiger partial charge in [-0.3, -0.25) is 8.37 Å². The van der Waals surface area contributed by atoms with Gasteiger partial charge in [-0.25, -0.2) is 0 Å². The molecule has 0 aliphatic carbocycles. The van der Waals surface area contributed by atoms with Crippen LogP contribution in [0.5, 0.6) is 0 Å². The molecule has 0 aromatic carbocycles. The molecular weight excluding hydrogens is 120 g/mol. The zero-order valence-corrected chi connectivity index (χ0v) is 4.68. The Labute approximate surface area is 43.4 Å². The highest BCUT2D eigenvalue weighted by Gasteiger charge is 2.02. The van der Waals surface area contributed by atoms with Crippen LogP contribution in [0.15, 0.2) is 0 Å². The summed E-state index contributed by atoms with van der Waals surface area (Å²) in [4.78, 5) is 0. The fourth-order valence-corrected chi connectivity index (χ4v) is 1.12. The molecule has 1 fully saturated rings. The standard InChI is InChI=1S/C2H4O2S2/c5-6-3-1-2-4-6/h1-2H2. The van der Waals surface area contributed by atoms with Crippen LogP contribution in [0, 0.1) is 0 Å². The Morgan fingerprint density at radius 3 is 2.00 bits per heavy atom. The third kappa shape index (κ3) is 0.975. The first-order chi connectivity index (χ1) is 2.89. The van der Waals surface area contributed by atoms with Crippen molar-refractivity contribution in [3.05, 3.63) is 0 Å². The van der Waals surface area contributed by atoms with Crippen molar-refractivity contribution >= 4 is 21.2 Å². The molecule has 1 aliphatic rings. The molecule has 1 heterocycles. The molecule has 4 heteroatoms. The van der Waals surface area contributed by atoms with Gasteiger partial charge in [0.2, 0.25) is 0 Å². The lowest BCUT2D eigenvalue weighted by Crippen LogP contribution is -1.79. The van der Waals surface area contributed by atoms with Gasteiger partial charge in [-0.2, -0.15) is 0 Å². The van der Waals surface area contributed by atoms with Crippen LogP contribution in [0.25, 0.3) is 0 Å². The summed E-state index contributed by atoms with van der Waals surface area (Å²) < 4.78 is 9.55. The van der Waals surface area contributed by atoms with Crippen LogP contribution in [0.1, 0.15) is 0 Å². The van der Waals surface area contributed by atoms with Gasteiger partial charge in [0, 0.05) is 11.2 Å². The summed E-state index contributed by atoms with van der Waals surface area (Å²) in [6, 6.07) is 0. The summed E-state index contributed by atoms with van der Waals surface area (Å²) in [6.07, 6.45) is 0. The van der Waals surface area contributed by atoms with Crippen LogP contribution >= 0.6 is 0 Å². The van der Waals surface area contributed by atoms with E-state index in [2.05, 4.69) is 11.2 Å². The van der Waals surface area contributed by atoms with E-state index in [1.165, 1.54) is 0 Å². The minimum absolute atomic E-state index is 0.590. The van der Waals surface area contributed by atoms with Crippen molar-refractivity contribution in [1.29, 1.82) is 0 Å². The Morgan fingerprint density at radius 2 is 1.83 bits per heavy atom. The van der Waals surface area contributed by atoms with Gasteiger partial charge in [-0.05, 0) is 0 Å². The molecule has 1 rings (SSSR count). The largest absolute Gasteiger partial charge is 0.288 e. The molecule has 0 radical (unpaired) electrons. The van der Waals surface area contributed by atoms with E-state index < -0.39 is 10.0 Å². The number of hydrogen-bond acceptors (Lipinski definition) is 3. The molecule has 0 atom stereocenters. The molecule has 0 saturated carbocycles. The van der Waals surface area contributed by atoms with E-state index in [1.807, 2.05) is 0 Å². The second-order valence-electron chi connectivity index (χ2n) is 0.848. The van der Waals surface area contributed by atoms with Crippen LogP contribution < -0.4 is 0 Å². The van der Waals surface area contributed by atoms with Crippen molar-refractivity contribution in [2.45, 2.75) is 0 Å². The number of hydrogen-bond donors (Lipinski definition) is 0. The van der Waals surface area contributed by atoms with Gasteiger partial charge in [0.05, 0.1) is 13.2 Å². The molecule has 1 aliphatic heterocycles. The molecule has 0 bridgehead atoms. The highest BCUT2D eigenvalue weighted by molar-refractivity contribution is 8.23. The molecule has 2 nitrogen and oxygen atoms in total. The molecular formula is C2H4O2S2. The second kappa shape index (κ2) is 1.97. The minimum Gasteiger partial charge on any atom is -0.288 e. The summed E-state index contributed by atoms with van der Waals surface area (Å²) in [5, 5.41) is 0. The van der Waals surface area contributed by atoms with Gasteiger partial charge >= 0.3 is 0 Å². The van der Waals surface area contributed by atoms with Gasteiger partial charge in [0.1, 0.15) is 10.0 Å². The zero-order valence-electron chi connectivity index (χ0n) is 3.05. The van der Waals surface area contributed by atoms with Gasteiger partial charge in [0.25, 0.3) is 0 Å². The smallest absolute Gasteiger partial charge is 0.148 e. The van der Waals surface area contributed by atoms with Crippen LogP contribution in [0.2, 0.25) is 0 Å². The van der Waals surface area contributed by atoms with Crippen LogP contribution in [-0.4, -0.2) is 13.2 Å². The maximum absolute atomic E-state index is 4.77. The Bertz CT molecular complexity index is 63.9. The van der Waals surface area contributed by atoms with Gasteiger partial charge in [0.15, 0.2) is 0 Å². The van der Waals surface area contributed by atoms with E-state index in [1.54, 1.807) is 0 Å². The van der Waals surface area contributed by atoms with E-state index in [0.717, 1.165) is 0 Å². The molecule has 36 valence electrons. The zero-order chi connectivity index (χ0) is 4.41. The predicted octanol–water partition coefficient (Wildman–Crippen LogP) is -0.0566. The first-order valence-electron chi connectivity index (χ1n) is 1.58.